The smallest absolute Gasteiger partial charge is 0.264 e. The van der Waals surface area contributed by atoms with Gasteiger partial charge in [0.15, 0.2) is 0 Å². The number of carbonyl (C=O) groups excluding carboxylic acids is 1. The molecule has 0 spiro atoms. The molecule has 1 amide bonds. The molecule has 6 nitrogen and oxygen atoms in total. The predicted molar refractivity (Wildman–Crippen MR) is 144 cm³/mol. The molecule has 36 heavy (non-hydrogen) atoms. The Morgan fingerprint density at radius 2 is 1.58 bits per heavy atom. The van der Waals surface area contributed by atoms with Crippen LogP contribution in [0.5, 0.6) is 0 Å². The van der Waals surface area contributed by atoms with Gasteiger partial charge in [-0.25, -0.2) is 8.42 Å². The quantitative estimate of drug-likeness (QED) is 0.454. The minimum atomic E-state index is -3.93. The lowest BCUT2D eigenvalue weighted by Crippen LogP contribution is -2.41. The van der Waals surface area contributed by atoms with Gasteiger partial charge in [-0.05, 0) is 74.7 Å². The van der Waals surface area contributed by atoms with Gasteiger partial charge in [-0.1, -0.05) is 66.6 Å². The summed E-state index contributed by atoms with van der Waals surface area (Å²) in [7, 11) is -3.93. The Hall–Kier alpha value is -3.16. The SMILES string of the molecule is Cc1ccc(S(=O)(=O)N(CC(=O)NCc2cccc(CN3CCCCC3)c2)c2ccccc2C)cc1. The van der Waals surface area contributed by atoms with Crippen molar-refractivity contribution in [3.05, 3.63) is 95.1 Å². The van der Waals surface area contributed by atoms with Gasteiger partial charge in [-0.2, -0.15) is 0 Å². The van der Waals surface area contributed by atoms with Crippen LogP contribution in [0, 0.1) is 13.8 Å². The molecule has 3 aromatic carbocycles. The van der Waals surface area contributed by atoms with Gasteiger partial charge in [0.05, 0.1) is 10.6 Å². The highest BCUT2D eigenvalue weighted by atomic mass is 32.2. The number of rotatable bonds is 9. The molecule has 0 aliphatic carbocycles. The van der Waals surface area contributed by atoms with E-state index in [4.69, 9.17) is 0 Å². The first-order chi connectivity index (χ1) is 17.3. The van der Waals surface area contributed by atoms with Crippen molar-refractivity contribution in [3.63, 3.8) is 0 Å². The average Bonchev–Trinajstić information content (AvgIpc) is 2.88. The molecule has 0 bridgehead atoms. The third kappa shape index (κ3) is 6.53. The van der Waals surface area contributed by atoms with Gasteiger partial charge in [0.25, 0.3) is 10.0 Å². The van der Waals surface area contributed by atoms with Gasteiger partial charge in [0.1, 0.15) is 6.54 Å². The van der Waals surface area contributed by atoms with E-state index in [-0.39, 0.29) is 17.3 Å². The maximum atomic E-state index is 13.6. The van der Waals surface area contributed by atoms with Crippen LogP contribution in [0.3, 0.4) is 0 Å². The summed E-state index contributed by atoms with van der Waals surface area (Å²) >= 11 is 0. The first kappa shape index (κ1) is 25.9. The summed E-state index contributed by atoms with van der Waals surface area (Å²) in [5.41, 5.74) is 4.48. The van der Waals surface area contributed by atoms with Crippen molar-refractivity contribution in [3.8, 4) is 0 Å². The number of anilines is 1. The van der Waals surface area contributed by atoms with Crippen molar-refractivity contribution in [2.45, 2.75) is 51.1 Å². The Balaban J connectivity index is 1.47. The fraction of sp³-hybridized carbons (Fsp3) is 0.345. The Bertz CT molecular complexity index is 1280. The van der Waals surface area contributed by atoms with E-state index < -0.39 is 10.0 Å². The minimum Gasteiger partial charge on any atom is -0.350 e. The molecule has 1 fully saturated rings. The Kier molecular flexibility index (Phi) is 8.44. The summed E-state index contributed by atoms with van der Waals surface area (Å²) in [6, 6.07) is 22.2. The average molecular weight is 506 g/mol. The zero-order chi connectivity index (χ0) is 25.5. The van der Waals surface area contributed by atoms with Crippen LogP contribution in [0.4, 0.5) is 5.69 Å². The molecule has 1 aliphatic heterocycles. The van der Waals surface area contributed by atoms with Crippen LogP contribution in [0.1, 0.15) is 41.5 Å². The number of carbonyl (C=O) groups is 1. The van der Waals surface area contributed by atoms with E-state index in [1.807, 2.05) is 38.1 Å². The van der Waals surface area contributed by atoms with E-state index in [0.717, 1.165) is 36.3 Å². The van der Waals surface area contributed by atoms with Crippen molar-refractivity contribution >= 4 is 21.6 Å². The zero-order valence-electron chi connectivity index (χ0n) is 21.1. The lowest BCUT2D eigenvalue weighted by Gasteiger charge is -2.26. The van der Waals surface area contributed by atoms with Gasteiger partial charge < -0.3 is 5.32 Å². The van der Waals surface area contributed by atoms with E-state index in [1.165, 1.54) is 29.1 Å². The zero-order valence-corrected chi connectivity index (χ0v) is 21.9. The molecule has 4 rings (SSSR count). The molecular formula is C29H35N3O3S. The number of piperidine rings is 1. The molecule has 1 saturated heterocycles. The van der Waals surface area contributed by atoms with E-state index in [0.29, 0.717) is 12.2 Å². The van der Waals surface area contributed by atoms with Crippen molar-refractivity contribution < 1.29 is 13.2 Å². The van der Waals surface area contributed by atoms with Crippen molar-refractivity contribution in [1.29, 1.82) is 0 Å². The van der Waals surface area contributed by atoms with Crippen molar-refractivity contribution in [2.24, 2.45) is 0 Å². The molecule has 0 radical (unpaired) electrons. The lowest BCUT2D eigenvalue weighted by atomic mass is 10.1. The monoisotopic (exact) mass is 505 g/mol. The van der Waals surface area contributed by atoms with Crippen LogP contribution in [-0.2, 0) is 27.9 Å². The first-order valence-corrected chi connectivity index (χ1v) is 14.0. The van der Waals surface area contributed by atoms with Gasteiger partial charge in [0.2, 0.25) is 5.91 Å². The molecule has 1 aliphatic rings. The second-order valence-electron chi connectivity index (χ2n) is 9.54. The fourth-order valence-electron chi connectivity index (χ4n) is 4.58. The number of nitrogens with zero attached hydrogens (tertiary/aromatic N) is 2. The lowest BCUT2D eigenvalue weighted by molar-refractivity contribution is -0.119. The summed E-state index contributed by atoms with van der Waals surface area (Å²) in [6.45, 7) is 6.98. The fourth-order valence-corrected chi connectivity index (χ4v) is 6.07. The number of likely N-dealkylation sites (tertiary alicyclic amines) is 1. The van der Waals surface area contributed by atoms with Gasteiger partial charge >= 0.3 is 0 Å². The molecule has 190 valence electrons. The number of nitrogens with one attached hydrogen (secondary N) is 1. The Labute approximate surface area is 215 Å². The van der Waals surface area contributed by atoms with E-state index in [2.05, 4.69) is 22.3 Å². The van der Waals surface area contributed by atoms with E-state index in [9.17, 15) is 13.2 Å². The first-order valence-electron chi connectivity index (χ1n) is 12.5. The number of hydrogen-bond acceptors (Lipinski definition) is 4. The molecule has 0 unspecified atom stereocenters. The summed E-state index contributed by atoms with van der Waals surface area (Å²) in [5.74, 6) is -0.352. The number of sulfonamides is 1. The van der Waals surface area contributed by atoms with Crippen LogP contribution in [-0.4, -0.2) is 38.9 Å². The Morgan fingerprint density at radius 1 is 0.889 bits per heavy atom. The summed E-state index contributed by atoms with van der Waals surface area (Å²) in [5, 5.41) is 2.92. The molecule has 1 heterocycles. The van der Waals surface area contributed by atoms with Gasteiger partial charge in [-0.15, -0.1) is 0 Å². The molecule has 0 atom stereocenters. The molecule has 3 aromatic rings. The molecular weight excluding hydrogens is 470 g/mol. The third-order valence-electron chi connectivity index (χ3n) is 6.62. The summed E-state index contributed by atoms with van der Waals surface area (Å²) < 4.78 is 28.4. The number of amides is 1. The summed E-state index contributed by atoms with van der Waals surface area (Å²) in [6.07, 6.45) is 3.80. The maximum absolute atomic E-state index is 13.6. The largest absolute Gasteiger partial charge is 0.350 e. The van der Waals surface area contributed by atoms with Crippen LogP contribution < -0.4 is 9.62 Å². The summed E-state index contributed by atoms with van der Waals surface area (Å²) in [4.78, 5) is 15.7. The van der Waals surface area contributed by atoms with Gasteiger partial charge in [-0.3, -0.25) is 14.0 Å². The van der Waals surface area contributed by atoms with Crippen LogP contribution in [0.15, 0.2) is 77.7 Å². The van der Waals surface area contributed by atoms with Crippen LogP contribution >= 0.6 is 0 Å². The Morgan fingerprint density at radius 3 is 2.31 bits per heavy atom. The number of hydrogen-bond donors (Lipinski definition) is 1. The highest BCUT2D eigenvalue weighted by Gasteiger charge is 2.28. The normalized spacial score (nSPS) is 14.4. The molecule has 7 heteroatoms. The number of aryl methyl sites for hydroxylation is 2. The van der Waals surface area contributed by atoms with Crippen molar-refractivity contribution in [2.75, 3.05) is 23.9 Å². The standard InChI is InChI=1S/C29H35N3O3S/c1-23-13-15-27(16-14-23)36(34,35)32(28-12-5-4-9-24(28)2)22-29(33)30-20-25-10-8-11-26(19-25)21-31-17-6-3-7-18-31/h4-5,8-16,19H,3,6-7,17-18,20-22H2,1-2H3,(H,30,33). The number of para-hydroxylation sites is 1. The topological polar surface area (TPSA) is 69.7 Å². The van der Waals surface area contributed by atoms with E-state index >= 15 is 0 Å². The highest BCUT2D eigenvalue weighted by Crippen LogP contribution is 2.26. The predicted octanol–water partition coefficient (Wildman–Crippen LogP) is 4.80. The molecule has 0 saturated carbocycles. The maximum Gasteiger partial charge on any atom is 0.264 e. The molecule has 0 aromatic heterocycles. The van der Waals surface area contributed by atoms with Crippen molar-refractivity contribution in [1.82, 2.24) is 10.2 Å². The van der Waals surface area contributed by atoms with Crippen LogP contribution in [0.2, 0.25) is 0 Å². The highest BCUT2D eigenvalue weighted by molar-refractivity contribution is 7.92. The third-order valence-corrected chi connectivity index (χ3v) is 8.39. The molecule has 1 N–H and O–H groups in total. The van der Waals surface area contributed by atoms with Crippen LogP contribution in [0.25, 0.3) is 0 Å². The van der Waals surface area contributed by atoms with Gasteiger partial charge in [0, 0.05) is 13.1 Å². The second kappa shape index (κ2) is 11.7. The minimum absolute atomic E-state index is 0.162. The number of benzene rings is 3. The van der Waals surface area contributed by atoms with E-state index in [1.54, 1.807) is 36.4 Å². The second-order valence-corrected chi connectivity index (χ2v) is 11.4.